The number of nitrogens with one attached hydrogen (secondary N) is 2. The molecule has 1 aliphatic heterocycles. The molecule has 2 aliphatic rings. The van der Waals surface area contributed by atoms with Crippen LogP contribution >= 0.6 is 0 Å². The van der Waals surface area contributed by atoms with Crippen molar-refractivity contribution >= 4 is 10.0 Å². The van der Waals surface area contributed by atoms with E-state index in [1.165, 1.54) is 18.2 Å². The van der Waals surface area contributed by atoms with Crippen molar-refractivity contribution in [1.29, 1.82) is 0 Å². The lowest BCUT2D eigenvalue weighted by Gasteiger charge is -2.25. The van der Waals surface area contributed by atoms with E-state index in [0.717, 1.165) is 31.0 Å². The second kappa shape index (κ2) is 7.41. The van der Waals surface area contributed by atoms with E-state index in [-0.39, 0.29) is 46.4 Å². The van der Waals surface area contributed by atoms with Crippen LogP contribution in [0.5, 0.6) is 0 Å². The Kier molecular flexibility index (Phi) is 5.21. The first-order chi connectivity index (χ1) is 13.7. The molecule has 2 aromatic carbocycles. The highest BCUT2D eigenvalue weighted by atomic mass is 32.2. The van der Waals surface area contributed by atoms with Crippen molar-refractivity contribution in [3.8, 4) is 11.1 Å². The minimum absolute atomic E-state index is 0.00989. The van der Waals surface area contributed by atoms with E-state index in [1.807, 2.05) is 0 Å². The lowest BCUT2D eigenvalue weighted by molar-refractivity contribution is 0.406. The first kappa shape index (κ1) is 20.4. The summed E-state index contributed by atoms with van der Waals surface area (Å²) in [7, 11) is -3.43. The van der Waals surface area contributed by atoms with Crippen LogP contribution in [0.4, 0.5) is 13.2 Å². The Balaban J connectivity index is 1.65. The maximum atomic E-state index is 15.2. The SMILES string of the molecule is CCS(=O)(=O)N[C@@H]1[C@H](Cc2cc(F)cc(-c3cccc(F)c3)c2F)NCC12CC2. The average molecular weight is 424 g/mol. The maximum Gasteiger partial charge on any atom is 0.211 e. The van der Waals surface area contributed by atoms with E-state index in [2.05, 4.69) is 10.0 Å². The maximum absolute atomic E-state index is 15.2. The summed E-state index contributed by atoms with van der Waals surface area (Å²) in [6.45, 7) is 2.21. The van der Waals surface area contributed by atoms with E-state index in [0.29, 0.717) is 6.54 Å². The average Bonchev–Trinajstić information content (AvgIpc) is 3.39. The van der Waals surface area contributed by atoms with Gasteiger partial charge in [0.05, 0.1) is 5.75 Å². The molecule has 0 unspecified atom stereocenters. The Labute approximate surface area is 168 Å². The van der Waals surface area contributed by atoms with Gasteiger partial charge in [-0.05, 0) is 61.6 Å². The third-order valence-electron chi connectivity index (χ3n) is 6.05. The molecule has 1 spiro atoms. The molecule has 1 heterocycles. The molecule has 8 heteroatoms. The molecule has 2 atom stereocenters. The highest BCUT2D eigenvalue weighted by Gasteiger charge is 2.57. The Morgan fingerprint density at radius 1 is 1.14 bits per heavy atom. The van der Waals surface area contributed by atoms with E-state index < -0.39 is 27.5 Å². The number of halogens is 3. The van der Waals surface area contributed by atoms with Gasteiger partial charge in [0.15, 0.2) is 0 Å². The van der Waals surface area contributed by atoms with Gasteiger partial charge in [0.1, 0.15) is 17.5 Å². The van der Waals surface area contributed by atoms with Crippen LogP contribution in [0.25, 0.3) is 11.1 Å². The normalized spacial score (nSPS) is 22.9. The third-order valence-corrected chi connectivity index (χ3v) is 7.42. The van der Waals surface area contributed by atoms with Gasteiger partial charge >= 0.3 is 0 Å². The van der Waals surface area contributed by atoms with Crippen LogP contribution in [0.3, 0.4) is 0 Å². The molecule has 2 aromatic rings. The summed E-state index contributed by atoms with van der Waals surface area (Å²) in [6, 6.07) is 6.83. The second-order valence-electron chi connectivity index (χ2n) is 7.99. The molecule has 0 radical (unpaired) electrons. The van der Waals surface area contributed by atoms with Gasteiger partial charge in [-0.15, -0.1) is 0 Å². The van der Waals surface area contributed by atoms with E-state index in [4.69, 9.17) is 0 Å². The fourth-order valence-corrected chi connectivity index (χ4v) is 5.18. The summed E-state index contributed by atoms with van der Waals surface area (Å²) >= 11 is 0. The Morgan fingerprint density at radius 2 is 1.90 bits per heavy atom. The quantitative estimate of drug-likeness (QED) is 0.748. The summed E-state index contributed by atoms with van der Waals surface area (Å²) in [5.41, 5.74) is 0.233. The summed E-state index contributed by atoms with van der Waals surface area (Å²) in [6.07, 6.45) is 1.92. The van der Waals surface area contributed by atoms with E-state index >= 15 is 4.39 Å². The molecule has 4 nitrogen and oxygen atoms in total. The smallest absolute Gasteiger partial charge is 0.211 e. The largest absolute Gasteiger partial charge is 0.311 e. The number of rotatable bonds is 6. The van der Waals surface area contributed by atoms with Crippen LogP contribution < -0.4 is 10.0 Å². The molecule has 2 N–H and O–H groups in total. The highest BCUT2D eigenvalue weighted by molar-refractivity contribution is 7.89. The molecule has 2 fully saturated rings. The lowest BCUT2D eigenvalue weighted by Crippen LogP contribution is -2.48. The molecule has 0 bridgehead atoms. The van der Waals surface area contributed by atoms with Crippen molar-refractivity contribution in [3.63, 3.8) is 0 Å². The monoisotopic (exact) mass is 424 g/mol. The molecular weight excluding hydrogens is 401 g/mol. The minimum atomic E-state index is -3.43. The van der Waals surface area contributed by atoms with Gasteiger partial charge in [-0.1, -0.05) is 12.1 Å². The Hall–Kier alpha value is -1.90. The molecule has 29 heavy (non-hydrogen) atoms. The summed E-state index contributed by atoms with van der Waals surface area (Å²) < 4.78 is 70.1. The summed E-state index contributed by atoms with van der Waals surface area (Å²) in [5, 5.41) is 3.29. The van der Waals surface area contributed by atoms with Gasteiger partial charge < -0.3 is 5.32 Å². The van der Waals surface area contributed by atoms with Gasteiger partial charge in [0.25, 0.3) is 0 Å². The van der Waals surface area contributed by atoms with Crippen LogP contribution in [-0.2, 0) is 16.4 Å². The van der Waals surface area contributed by atoms with Crippen LogP contribution in [0.15, 0.2) is 36.4 Å². The molecule has 0 amide bonds. The molecule has 1 aliphatic carbocycles. The molecule has 1 saturated heterocycles. The fraction of sp³-hybridized carbons (Fsp3) is 0.429. The third kappa shape index (κ3) is 4.06. The molecule has 156 valence electrons. The van der Waals surface area contributed by atoms with Crippen LogP contribution in [0, 0.1) is 22.9 Å². The molecule has 0 aromatic heterocycles. The van der Waals surface area contributed by atoms with Crippen molar-refractivity contribution in [2.45, 2.75) is 38.3 Å². The number of benzene rings is 2. The highest BCUT2D eigenvalue weighted by Crippen LogP contribution is 2.52. The van der Waals surface area contributed by atoms with Gasteiger partial charge in [-0.3, -0.25) is 0 Å². The first-order valence-electron chi connectivity index (χ1n) is 9.70. The lowest BCUT2D eigenvalue weighted by atomic mass is 9.91. The summed E-state index contributed by atoms with van der Waals surface area (Å²) in [4.78, 5) is 0. The van der Waals surface area contributed by atoms with Crippen LogP contribution in [0.1, 0.15) is 25.3 Å². The Bertz CT molecular complexity index is 1040. The predicted octanol–water partition coefficient (Wildman–Crippen LogP) is 3.37. The molecule has 1 saturated carbocycles. The van der Waals surface area contributed by atoms with Gasteiger partial charge in [-0.25, -0.2) is 26.3 Å². The van der Waals surface area contributed by atoms with Crippen LogP contribution in [-0.4, -0.2) is 32.8 Å². The Morgan fingerprint density at radius 3 is 2.55 bits per heavy atom. The number of sulfonamides is 1. The van der Waals surface area contributed by atoms with Crippen molar-refractivity contribution in [1.82, 2.24) is 10.0 Å². The van der Waals surface area contributed by atoms with Crippen LogP contribution in [0.2, 0.25) is 0 Å². The van der Waals surface area contributed by atoms with E-state index in [9.17, 15) is 17.2 Å². The minimum Gasteiger partial charge on any atom is -0.311 e. The second-order valence-corrected chi connectivity index (χ2v) is 10.0. The summed E-state index contributed by atoms with van der Waals surface area (Å²) in [5.74, 6) is -1.81. The van der Waals surface area contributed by atoms with Gasteiger partial charge in [0.2, 0.25) is 10.0 Å². The zero-order valence-electron chi connectivity index (χ0n) is 16.0. The first-order valence-corrected chi connectivity index (χ1v) is 11.4. The predicted molar refractivity (Wildman–Crippen MR) is 105 cm³/mol. The van der Waals surface area contributed by atoms with Crippen molar-refractivity contribution in [3.05, 3.63) is 59.4 Å². The van der Waals surface area contributed by atoms with Crippen molar-refractivity contribution in [2.75, 3.05) is 12.3 Å². The topological polar surface area (TPSA) is 58.2 Å². The van der Waals surface area contributed by atoms with Crippen molar-refractivity contribution in [2.24, 2.45) is 5.41 Å². The number of hydrogen-bond acceptors (Lipinski definition) is 3. The van der Waals surface area contributed by atoms with Gasteiger partial charge in [-0.2, -0.15) is 0 Å². The molecular formula is C21H23F3N2O2S. The van der Waals surface area contributed by atoms with Crippen molar-refractivity contribution < 1.29 is 21.6 Å². The zero-order chi connectivity index (χ0) is 20.8. The zero-order valence-corrected chi connectivity index (χ0v) is 16.8. The van der Waals surface area contributed by atoms with Gasteiger partial charge in [0, 0.05) is 29.6 Å². The molecule has 4 rings (SSSR count). The van der Waals surface area contributed by atoms with E-state index in [1.54, 1.807) is 6.92 Å². The standard InChI is InChI=1S/C21H23F3N2O2S/c1-2-29(27,28)26-20-18(25-12-21(20)6-7-21)10-14-9-16(23)11-17(19(14)24)13-4-3-5-15(22)8-13/h3-5,8-9,11,18,20,25-26H,2,6-7,10,12H2,1H3/t18-,20+/m0/s1. The fourth-order valence-electron chi connectivity index (χ4n) is 4.21. The number of hydrogen-bond donors (Lipinski definition) is 2.